The highest BCUT2D eigenvalue weighted by molar-refractivity contribution is 5.74. The fourth-order valence-corrected chi connectivity index (χ4v) is 2.18. The van der Waals surface area contributed by atoms with Gasteiger partial charge in [-0.25, -0.2) is 4.79 Å². The maximum atomic E-state index is 11.8. The second kappa shape index (κ2) is 6.74. The summed E-state index contributed by atoms with van der Waals surface area (Å²) in [5, 5.41) is 2.92. The molecule has 3 N–H and O–H groups in total. The van der Waals surface area contributed by atoms with Gasteiger partial charge in [-0.05, 0) is 25.2 Å². The lowest BCUT2D eigenvalue weighted by Crippen LogP contribution is -2.48. The van der Waals surface area contributed by atoms with Crippen molar-refractivity contribution < 1.29 is 4.79 Å². The Labute approximate surface area is 98.6 Å². The van der Waals surface area contributed by atoms with Crippen molar-refractivity contribution in [3.05, 3.63) is 0 Å². The van der Waals surface area contributed by atoms with E-state index in [1.54, 1.807) is 0 Å². The van der Waals surface area contributed by atoms with Crippen LogP contribution < -0.4 is 11.1 Å². The van der Waals surface area contributed by atoms with Gasteiger partial charge in [0.05, 0.1) is 0 Å². The summed E-state index contributed by atoms with van der Waals surface area (Å²) in [6.45, 7) is 6.67. The lowest BCUT2D eigenvalue weighted by atomic mass is 10.0. The molecule has 0 saturated carbocycles. The third-order valence-corrected chi connectivity index (χ3v) is 3.12. The number of nitrogens with two attached hydrogens (primary N) is 1. The summed E-state index contributed by atoms with van der Waals surface area (Å²) in [5.41, 5.74) is 5.86. The van der Waals surface area contributed by atoms with Crippen LogP contribution in [-0.2, 0) is 0 Å². The minimum absolute atomic E-state index is 0.0538. The van der Waals surface area contributed by atoms with E-state index in [4.69, 9.17) is 5.73 Å². The smallest absolute Gasteiger partial charge is 0.317 e. The van der Waals surface area contributed by atoms with Gasteiger partial charge in [0, 0.05) is 25.7 Å². The van der Waals surface area contributed by atoms with E-state index in [0.717, 1.165) is 32.4 Å². The largest absolute Gasteiger partial charge is 0.336 e. The summed E-state index contributed by atoms with van der Waals surface area (Å²) in [4.78, 5) is 13.7. The zero-order chi connectivity index (χ0) is 12.0. The Morgan fingerprint density at radius 3 is 3.00 bits per heavy atom. The Kier molecular flexibility index (Phi) is 5.60. The summed E-state index contributed by atoms with van der Waals surface area (Å²) >= 11 is 0. The number of piperidine rings is 1. The van der Waals surface area contributed by atoms with Crippen molar-refractivity contribution in [3.8, 4) is 0 Å². The molecule has 4 nitrogen and oxygen atoms in total. The number of nitrogens with zero attached hydrogens (tertiary/aromatic N) is 1. The third kappa shape index (κ3) is 4.39. The molecule has 1 rings (SSSR count). The van der Waals surface area contributed by atoms with E-state index in [2.05, 4.69) is 19.2 Å². The Hall–Kier alpha value is -0.770. The van der Waals surface area contributed by atoms with E-state index in [1.807, 2.05) is 4.90 Å². The van der Waals surface area contributed by atoms with Gasteiger partial charge in [0.2, 0.25) is 0 Å². The molecule has 0 radical (unpaired) electrons. The molecule has 0 aromatic heterocycles. The highest BCUT2D eigenvalue weighted by atomic mass is 16.2. The van der Waals surface area contributed by atoms with E-state index >= 15 is 0 Å². The molecule has 0 spiro atoms. The Morgan fingerprint density at radius 1 is 1.62 bits per heavy atom. The van der Waals surface area contributed by atoms with Gasteiger partial charge in [0.15, 0.2) is 0 Å². The van der Waals surface area contributed by atoms with Crippen LogP contribution in [-0.4, -0.2) is 36.6 Å². The molecule has 0 aliphatic carbocycles. The molecule has 94 valence electrons. The van der Waals surface area contributed by atoms with Gasteiger partial charge in [-0.15, -0.1) is 0 Å². The normalized spacial score (nSPS) is 22.9. The molecule has 2 amide bonds. The first-order valence-corrected chi connectivity index (χ1v) is 6.41. The van der Waals surface area contributed by atoms with Crippen LogP contribution in [0.15, 0.2) is 0 Å². The molecule has 1 aliphatic rings. The standard InChI is InChI=1S/C12H25N3O/c1-3-5-11(13)8-14-12(16)15-7-4-6-10(2)9-15/h10-11H,3-9,13H2,1-2H3,(H,14,16). The minimum atomic E-state index is 0.0538. The van der Waals surface area contributed by atoms with Crippen LogP contribution in [0.3, 0.4) is 0 Å². The van der Waals surface area contributed by atoms with Crippen molar-refractivity contribution in [1.82, 2.24) is 10.2 Å². The summed E-state index contributed by atoms with van der Waals surface area (Å²) < 4.78 is 0. The monoisotopic (exact) mass is 227 g/mol. The number of nitrogens with one attached hydrogen (secondary N) is 1. The molecule has 1 heterocycles. The van der Waals surface area contributed by atoms with E-state index in [1.165, 1.54) is 6.42 Å². The van der Waals surface area contributed by atoms with Crippen molar-refractivity contribution in [2.24, 2.45) is 11.7 Å². The van der Waals surface area contributed by atoms with E-state index in [0.29, 0.717) is 12.5 Å². The van der Waals surface area contributed by atoms with E-state index in [9.17, 15) is 4.79 Å². The summed E-state index contributed by atoms with van der Waals surface area (Å²) in [7, 11) is 0. The molecule has 0 aromatic carbocycles. The van der Waals surface area contributed by atoms with Crippen LogP contribution in [0.25, 0.3) is 0 Å². The lowest BCUT2D eigenvalue weighted by molar-refractivity contribution is 0.169. The average Bonchev–Trinajstić information content (AvgIpc) is 2.26. The molecular formula is C12H25N3O. The fraction of sp³-hybridized carbons (Fsp3) is 0.917. The number of carbonyl (C=O) groups is 1. The van der Waals surface area contributed by atoms with Gasteiger partial charge in [-0.3, -0.25) is 0 Å². The lowest BCUT2D eigenvalue weighted by Gasteiger charge is -2.31. The summed E-state index contributed by atoms with van der Waals surface area (Å²) in [5.74, 6) is 0.629. The predicted octanol–water partition coefficient (Wildman–Crippen LogP) is 1.56. The molecular weight excluding hydrogens is 202 g/mol. The Bertz CT molecular complexity index is 220. The molecule has 1 aliphatic heterocycles. The number of likely N-dealkylation sites (tertiary alicyclic amines) is 1. The molecule has 2 unspecified atom stereocenters. The van der Waals surface area contributed by atoms with Crippen molar-refractivity contribution in [2.45, 2.75) is 45.6 Å². The quantitative estimate of drug-likeness (QED) is 0.765. The topological polar surface area (TPSA) is 58.4 Å². The number of hydrogen-bond acceptors (Lipinski definition) is 2. The van der Waals surface area contributed by atoms with Gasteiger partial charge in [0.25, 0.3) is 0 Å². The molecule has 1 fully saturated rings. The van der Waals surface area contributed by atoms with Crippen LogP contribution in [0.2, 0.25) is 0 Å². The number of hydrogen-bond donors (Lipinski definition) is 2. The second-order valence-electron chi connectivity index (χ2n) is 4.93. The maximum Gasteiger partial charge on any atom is 0.317 e. The van der Waals surface area contributed by atoms with Gasteiger partial charge < -0.3 is 16.0 Å². The van der Waals surface area contributed by atoms with Crippen LogP contribution in [0.5, 0.6) is 0 Å². The highest BCUT2D eigenvalue weighted by Gasteiger charge is 2.20. The highest BCUT2D eigenvalue weighted by Crippen LogP contribution is 2.15. The number of carbonyl (C=O) groups excluding carboxylic acids is 1. The van der Waals surface area contributed by atoms with Gasteiger partial charge >= 0.3 is 6.03 Å². The predicted molar refractivity (Wildman–Crippen MR) is 66.3 cm³/mol. The molecule has 0 aromatic rings. The van der Waals surface area contributed by atoms with Crippen molar-refractivity contribution in [1.29, 1.82) is 0 Å². The van der Waals surface area contributed by atoms with Crippen LogP contribution in [0, 0.1) is 5.92 Å². The molecule has 1 saturated heterocycles. The van der Waals surface area contributed by atoms with Crippen LogP contribution in [0.1, 0.15) is 39.5 Å². The summed E-state index contributed by atoms with van der Waals surface area (Å²) in [6.07, 6.45) is 4.39. The zero-order valence-corrected chi connectivity index (χ0v) is 10.5. The summed E-state index contributed by atoms with van der Waals surface area (Å²) in [6, 6.07) is 0.147. The fourth-order valence-electron chi connectivity index (χ4n) is 2.18. The van der Waals surface area contributed by atoms with Crippen LogP contribution in [0.4, 0.5) is 4.79 Å². The van der Waals surface area contributed by atoms with Gasteiger partial charge in [0.1, 0.15) is 0 Å². The van der Waals surface area contributed by atoms with Gasteiger partial charge in [-0.2, -0.15) is 0 Å². The Balaban J connectivity index is 2.23. The first-order chi connectivity index (χ1) is 7.63. The maximum absolute atomic E-state index is 11.8. The third-order valence-electron chi connectivity index (χ3n) is 3.12. The second-order valence-corrected chi connectivity index (χ2v) is 4.93. The molecule has 16 heavy (non-hydrogen) atoms. The van der Waals surface area contributed by atoms with Crippen LogP contribution >= 0.6 is 0 Å². The molecule has 0 bridgehead atoms. The SMILES string of the molecule is CCCC(N)CNC(=O)N1CCCC(C)C1. The van der Waals surface area contributed by atoms with E-state index in [-0.39, 0.29) is 12.1 Å². The number of urea groups is 1. The van der Waals surface area contributed by atoms with Crippen molar-refractivity contribution in [2.75, 3.05) is 19.6 Å². The first kappa shape index (κ1) is 13.3. The number of amides is 2. The average molecular weight is 227 g/mol. The molecule has 2 atom stereocenters. The number of rotatable bonds is 4. The van der Waals surface area contributed by atoms with Crippen molar-refractivity contribution >= 4 is 6.03 Å². The van der Waals surface area contributed by atoms with E-state index < -0.39 is 0 Å². The van der Waals surface area contributed by atoms with Crippen molar-refractivity contribution in [3.63, 3.8) is 0 Å². The Morgan fingerprint density at radius 2 is 2.38 bits per heavy atom. The van der Waals surface area contributed by atoms with Gasteiger partial charge in [-0.1, -0.05) is 20.3 Å². The first-order valence-electron chi connectivity index (χ1n) is 6.41. The minimum Gasteiger partial charge on any atom is -0.336 e. The molecule has 4 heteroatoms. The zero-order valence-electron chi connectivity index (χ0n) is 10.5.